The number of hydrogen-bond acceptors (Lipinski definition) is 5. The highest BCUT2D eigenvalue weighted by Gasteiger charge is 2.36. The number of benzene rings is 1. The molecule has 2 saturated heterocycles. The molecule has 0 bridgehead atoms. The van der Waals surface area contributed by atoms with E-state index in [1.165, 1.54) is 29.5 Å². The third-order valence-electron chi connectivity index (χ3n) is 5.82. The zero-order valence-corrected chi connectivity index (χ0v) is 17.5. The Morgan fingerprint density at radius 3 is 2.26 bits per heavy atom. The highest BCUT2D eigenvalue weighted by molar-refractivity contribution is 5.96. The molecule has 0 atom stereocenters. The predicted octanol–water partition coefficient (Wildman–Crippen LogP) is 3.76. The van der Waals surface area contributed by atoms with E-state index >= 15 is 0 Å². The lowest BCUT2D eigenvalue weighted by Gasteiger charge is -2.36. The number of anilines is 2. The largest absolute Gasteiger partial charge is 0.417 e. The summed E-state index contributed by atoms with van der Waals surface area (Å²) in [5.41, 5.74) is -0.308. The Labute approximate surface area is 179 Å². The minimum absolute atomic E-state index is 0.297. The molecular weight excluding hydrogens is 407 g/mol. The van der Waals surface area contributed by atoms with Crippen molar-refractivity contribution in [1.29, 1.82) is 0 Å². The monoisotopic (exact) mass is 433 g/mol. The molecule has 3 heterocycles. The van der Waals surface area contributed by atoms with E-state index in [0.29, 0.717) is 26.2 Å². The summed E-state index contributed by atoms with van der Waals surface area (Å²) >= 11 is 0. The van der Waals surface area contributed by atoms with Crippen molar-refractivity contribution in [3.05, 3.63) is 47.2 Å². The number of alkyl halides is 3. The van der Waals surface area contributed by atoms with Crippen molar-refractivity contribution < 1.29 is 18.0 Å². The minimum Gasteiger partial charge on any atom is -0.353 e. The van der Waals surface area contributed by atoms with Gasteiger partial charge in [-0.3, -0.25) is 4.79 Å². The molecule has 0 spiro atoms. The number of piperazine rings is 1. The zero-order valence-electron chi connectivity index (χ0n) is 17.5. The SMILES string of the molecule is Cc1cc(N2CCN(C(=O)c3ccccc3C(F)(F)F)CC2)nc(N2CCCCC2)n1. The lowest BCUT2D eigenvalue weighted by molar-refractivity contribution is -0.138. The van der Waals surface area contributed by atoms with Crippen molar-refractivity contribution in [2.45, 2.75) is 32.4 Å². The summed E-state index contributed by atoms with van der Waals surface area (Å²) in [5.74, 6) is 0.948. The highest BCUT2D eigenvalue weighted by Crippen LogP contribution is 2.32. The third-order valence-corrected chi connectivity index (χ3v) is 5.82. The molecular formula is C22H26F3N5O. The van der Waals surface area contributed by atoms with Gasteiger partial charge in [-0.1, -0.05) is 12.1 Å². The number of amides is 1. The van der Waals surface area contributed by atoms with Gasteiger partial charge >= 0.3 is 6.18 Å². The summed E-state index contributed by atoms with van der Waals surface area (Å²) in [6.45, 7) is 5.53. The van der Waals surface area contributed by atoms with Crippen LogP contribution in [0, 0.1) is 6.92 Å². The Morgan fingerprint density at radius 2 is 1.58 bits per heavy atom. The summed E-state index contributed by atoms with van der Waals surface area (Å²) in [5, 5.41) is 0. The second-order valence-corrected chi connectivity index (χ2v) is 8.04. The van der Waals surface area contributed by atoms with Crippen molar-refractivity contribution in [3.8, 4) is 0 Å². The molecule has 6 nitrogen and oxygen atoms in total. The van der Waals surface area contributed by atoms with Crippen molar-refractivity contribution in [3.63, 3.8) is 0 Å². The first-order valence-electron chi connectivity index (χ1n) is 10.6. The van der Waals surface area contributed by atoms with Crippen molar-refractivity contribution in [2.24, 2.45) is 0 Å². The first kappa shape index (κ1) is 21.4. The third kappa shape index (κ3) is 4.75. The van der Waals surface area contributed by atoms with Crippen LogP contribution in [0.5, 0.6) is 0 Å². The fraction of sp³-hybridized carbons (Fsp3) is 0.500. The number of aryl methyl sites for hydroxylation is 1. The Bertz CT molecular complexity index is 935. The molecule has 9 heteroatoms. The van der Waals surface area contributed by atoms with Gasteiger partial charge in [0.25, 0.3) is 5.91 Å². The predicted molar refractivity (Wildman–Crippen MR) is 112 cm³/mol. The average Bonchev–Trinajstić information content (AvgIpc) is 2.78. The number of carbonyl (C=O) groups excluding carboxylic acids is 1. The molecule has 0 aliphatic carbocycles. The number of halogens is 3. The van der Waals surface area contributed by atoms with Gasteiger partial charge in [-0.05, 0) is 38.3 Å². The van der Waals surface area contributed by atoms with Gasteiger partial charge in [0.1, 0.15) is 5.82 Å². The molecule has 0 unspecified atom stereocenters. The first-order valence-corrected chi connectivity index (χ1v) is 10.6. The summed E-state index contributed by atoms with van der Waals surface area (Å²) < 4.78 is 39.9. The summed E-state index contributed by atoms with van der Waals surface area (Å²) in [6, 6.07) is 6.88. The minimum atomic E-state index is -4.56. The van der Waals surface area contributed by atoms with Crippen molar-refractivity contribution in [2.75, 3.05) is 49.1 Å². The van der Waals surface area contributed by atoms with Crippen LogP contribution in [0.1, 0.15) is 40.9 Å². The standard InChI is InChI=1S/C22H26F3N5O/c1-16-15-19(27-21(26-16)30-9-5-2-6-10-30)28-11-13-29(14-12-28)20(31)17-7-3-4-8-18(17)22(23,24)25/h3-4,7-8,15H,2,5-6,9-14H2,1H3. The Balaban J connectivity index is 1.46. The maximum Gasteiger partial charge on any atom is 0.417 e. The van der Waals surface area contributed by atoms with Gasteiger partial charge in [0.05, 0.1) is 11.1 Å². The number of nitrogens with zero attached hydrogens (tertiary/aromatic N) is 5. The van der Waals surface area contributed by atoms with Crippen LogP contribution >= 0.6 is 0 Å². The van der Waals surface area contributed by atoms with Gasteiger partial charge < -0.3 is 14.7 Å². The molecule has 2 fully saturated rings. The molecule has 0 N–H and O–H groups in total. The molecule has 1 amide bonds. The second-order valence-electron chi connectivity index (χ2n) is 8.04. The van der Waals surface area contributed by atoms with Crippen LogP contribution in [0.25, 0.3) is 0 Å². The molecule has 2 aliphatic rings. The van der Waals surface area contributed by atoms with Crippen LogP contribution in [0.2, 0.25) is 0 Å². The fourth-order valence-corrected chi connectivity index (χ4v) is 4.16. The number of carbonyl (C=O) groups is 1. The molecule has 2 aliphatic heterocycles. The van der Waals surface area contributed by atoms with Gasteiger partial charge in [-0.25, -0.2) is 4.98 Å². The van der Waals surface area contributed by atoms with E-state index in [1.54, 1.807) is 0 Å². The van der Waals surface area contributed by atoms with Crippen LogP contribution in [0.4, 0.5) is 24.9 Å². The van der Waals surface area contributed by atoms with Gasteiger partial charge in [0.15, 0.2) is 0 Å². The lowest BCUT2D eigenvalue weighted by Crippen LogP contribution is -2.49. The van der Waals surface area contributed by atoms with Crippen LogP contribution in [0.15, 0.2) is 30.3 Å². The number of aromatic nitrogens is 2. The quantitative estimate of drug-likeness (QED) is 0.738. The second kappa shape index (κ2) is 8.72. The molecule has 31 heavy (non-hydrogen) atoms. The maximum atomic E-state index is 13.3. The molecule has 2 aromatic rings. The van der Waals surface area contributed by atoms with E-state index < -0.39 is 17.6 Å². The molecule has 1 aromatic carbocycles. The van der Waals surface area contributed by atoms with E-state index in [0.717, 1.165) is 49.5 Å². The number of hydrogen-bond donors (Lipinski definition) is 0. The summed E-state index contributed by atoms with van der Waals surface area (Å²) in [7, 11) is 0. The molecule has 0 radical (unpaired) electrons. The van der Waals surface area contributed by atoms with Crippen LogP contribution in [-0.2, 0) is 6.18 Å². The van der Waals surface area contributed by atoms with Gasteiger partial charge in [-0.15, -0.1) is 0 Å². The van der Waals surface area contributed by atoms with Gasteiger partial charge in [0, 0.05) is 51.0 Å². The molecule has 166 valence electrons. The van der Waals surface area contributed by atoms with Crippen LogP contribution in [-0.4, -0.2) is 60.0 Å². The van der Waals surface area contributed by atoms with Crippen molar-refractivity contribution >= 4 is 17.7 Å². The zero-order chi connectivity index (χ0) is 22.0. The van der Waals surface area contributed by atoms with E-state index in [4.69, 9.17) is 4.98 Å². The van der Waals surface area contributed by atoms with Crippen LogP contribution in [0.3, 0.4) is 0 Å². The number of rotatable bonds is 3. The molecule has 4 rings (SSSR count). The Morgan fingerprint density at radius 1 is 0.903 bits per heavy atom. The maximum absolute atomic E-state index is 13.3. The first-order chi connectivity index (χ1) is 14.8. The Kier molecular flexibility index (Phi) is 6.02. The average molecular weight is 433 g/mol. The number of piperidine rings is 1. The normalized spacial score (nSPS) is 17.7. The van der Waals surface area contributed by atoms with Crippen molar-refractivity contribution in [1.82, 2.24) is 14.9 Å². The highest BCUT2D eigenvalue weighted by atomic mass is 19.4. The summed E-state index contributed by atoms with van der Waals surface area (Å²) in [4.78, 5) is 27.9. The topological polar surface area (TPSA) is 52.6 Å². The molecule has 0 saturated carbocycles. The smallest absolute Gasteiger partial charge is 0.353 e. The van der Waals surface area contributed by atoms with E-state index in [-0.39, 0.29) is 5.56 Å². The molecule has 1 aromatic heterocycles. The summed E-state index contributed by atoms with van der Waals surface area (Å²) in [6.07, 6.45) is -1.07. The van der Waals surface area contributed by atoms with E-state index in [1.807, 2.05) is 13.0 Å². The van der Waals surface area contributed by atoms with E-state index in [2.05, 4.69) is 14.8 Å². The van der Waals surface area contributed by atoms with Gasteiger partial charge in [-0.2, -0.15) is 18.2 Å². The fourth-order valence-electron chi connectivity index (χ4n) is 4.16. The van der Waals surface area contributed by atoms with Gasteiger partial charge in [0.2, 0.25) is 5.95 Å². The lowest BCUT2D eigenvalue weighted by atomic mass is 10.1. The van der Waals surface area contributed by atoms with Crippen LogP contribution < -0.4 is 9.80 Å². The Hall–Kier alpha value is -2.84. The van der Waals surface area contributed by atoms with E-state index in [9.17, 15) is 18.0 Å².